The Kier molecular flexibility index (Phi) is 4.82. The number of aliphatic hydroxyl groups is 1. The number of esters is 1. The van der Waals surface area contributed by atoms with Crippen molar-refractivity contribution in [3.05, 3.63) is 12.7 Å². The van der Waals surface area contributed by atoms with Crippen LogP contribution in [0.15, 0.2) is 12.7 Å². The molecule has 0 amide bonds. The van der Waals surface area contributed by atoms with Crippen LogP contribution in [-0.4, -0.2) is 23.3 Å². The summed E-state index contributed by atoms with van der Waals surface area (Å²) >= 11 is 0. The Balaban J connectivity index is 2.60. The normalized spacial score (nSPS) is 21.7. The maximum atomic E-state index is 10.9. The van der Waals surface area contributed by atoms with Crippen LogP contribution >= 0.6 is 0 Å². The lowest BCUT2D eigenvalue weighted by Crippen LogP contribution is -2.37. The van der Waals surface area contributed by atoms with Gasteiger partial charge in [-0.15, -0.1) is 6.58 Å². The van der Waals surface area contributed by atoms with E-state index in [0.717, 1.165) is 25.7 Å². The van der Waals surface area contributed by atoms with Crippen molar-refractivity contribution in [3.8, 4) is 0 Å². The van der Waals surface area contributed by atoms with Crippen LogP contribution in [0, 0.1) is 5.92 Å². The van der Waals surface area contributed by atoms with Crippen molar-refractivity contribution < 1.29 is 14.6 Å². The first-order valence-corrected chi connectivity index (χ1v) is 5.63. The summed E-state index contributed by atoms with van der Waals surface area (Å²) in [6.07, 6.45) is 5.93. The molecule has 1 aliphatic carbocycles. The van der Waals surface area contributed by atoms with Gasteiger partial charge in [-0.25, -0.2) is 0 Å². The Morgan fingerprint density at radius 1 is 1.47 bits per heavy atom. The third kappa shape index (κ3) is 3.67. The number of ether oxygens (including phenoxy) is 1. The monoisotopic (exact) mass is 212 g/mol. The second-order valence-corrected chi connectivity index (χ2v) is 4.20. The molecule has 1 aliphatic rings. The van der Waals surface area contributed by atoms with Gasteiger partial charge in [-0.2, -0.15) is 0 Å². The van der Waals surface area contributed by atoms with Crippen molar-refractivity contribution in [2.24, 2.45) is 5.92 Å². The number of carbonyl (C=O) groups is 1. The molecule has 0 aromatic rings. The molecule has 0 saturated heterocycles. The van der Waals surface area contributed by atoms with Crippen molar-refractivity contribution in [1.29, 1.82) is 0 Å². The molecule has 1 fully saturated rings. The van der Waals surface area contributed by atoms with E-state index in [4.69, 9.17) is 4.74 Å². The SMILES string of the molecule is C=C[C@H](O)[C@H](OC(C)=O)C1CCCCC1. The molecule has 1 N–H and O–H groups in total. The second kappa shape index (κ2) is 5.91. The van der Waals surface area contributed by atoms with Crippen molar-refractivity contribution in [3.63, 3.8) is 0 Å². The average molecular weight is 212 g/mol. The fourth-order valence-corrected chi connectivity index (χ4v) is 2.23. The van der Waals surface area contributed by atoms with Gasteiger partial charge in [-0.05, 0) is 18.8 Å². The minimum atomic E-state index is -0.739. The Labute approximate surface area is 91.1 Å². The van der Waals surface area contributed by atoms with Crippen molar-refractivity contribution in [1.82, 2.24) is 0 Å². The lowest BCUT2D eigenvalue weighted by atomic mass is 9.83. The molecular weight excluding hydrogens is 192 g/mol. The van der Waals surface area contributed by atoms with Crippen LogP contribution in [0.5, 0.6) is 0 Å². The molecule has 0 spiro atoms. The number of aliphatic hydroxyl groups excluding tert-OH is 1. The van der Waals surface area contributed by atoms with Gasteiger partial charge in [0.1, 0.15) is 12.2 Å². The van der Waals surface area contributed by atoms with E-state index in [1.54, 1.807) is 0 Å². The molecule has 3 heteroatoms. The van der Waals surface area contributed by atoms with Crippen LogP contribution < -0.4 is 0 Å². The Morgan fingerprint density at radius 3 is 2.53 bits per heavy atom. The van der Waals surface area contributed by atoms with Gasteiger partial charge in [0, 0.05) is 6.92 Å². The van der Waals surface area contributed by atoms with Crippen molar-refractivity contribution >= 4 is 5.97 Å². The number of hydrogen-bond acceptors (Lipinski definition) is 3. The first-order chi connectivity index (χ1) is 7.15. The van der Waals surface area contributed by atoms with Gasteiger partial charge in [0.05, 0.1) is 0 Å². The Hall–Kier alpha value is -0.830. The molecule has 0 bridgehead atoms. The lowest BCUT2D eigenvalue weighted by molar-refractivity contribution is -0.155. The van der Waals surface area contributed by atoms with E-state index in [1.165, 1.54) is 19.4 Å². The summed E-state index contributed by atoms with van der Waals surface area (Å²) in [4.78, 5) is 10.9. The van der Waals surface area contributed by atoms with E-state index in [2.05, 4.69) is 6.58 Å². The molecule has 0 aromatic carbocycles. The summed E-state index contributed by atoms with van der Waals surface area (Å²) < 4.78 is 5.18. The zero-order valence-corrected chi connectivity index (χ0v) is 9.32. The summed E-state index contributed by atoms with van der Waals surface area (Å²) in [5.74, 6) is -0.0397. The van der Waals surface area contributed by atoms with E-state index in [0.29, 0.717) is 0 Å². The zero-order valence-electron chi connectivity index (χ0n) is 9.32. The quantitative estimate of drug-likeness (QED) is 0.573. The second-order valence-electron chi connectivity index (χ2n) is 4.20. The number of carbonyl (C=O) groups excluding carboxylic acids is 1. The largest absolute Gasteiger partial charge is 0.459 e. The highest BCUT2D eigenvalue weighted by Crippen LogP contribution is 2.29. The highest BCUT2D eigenvalue weighted by atomic mass is 16.6. The van der Waals surface area contributed by atoms with Crippen LogP contribution in [0.4, 0.5) is 0 Å². The number of rotatable bonds is 4. The predicted octanol–water partition coefficient (Wildman–Crippen LogP) is 2.05. The summed E-state index contributed by atoms with van der Waals surface area (Å²) in [6.45, 7) is 4.92. The van der Waals surface area contributed by atoms with Gasteiger partial charge >= 0.3 is 5.97 Å². The van der Waals surface area contributed by atoms with Crippen LogP contribution in [0.3, 0.4) is 0 Å². The van der Waals surface area contributed by atoms with E-state index >= 15 is 0 Å². The number of hydrogen-bond donors (Lipinski definition) is 1. The van der Waals surface area contributed by atoms with Gasteiger partial charge in [0.2, 0.25) is 0 Å². The average Bonchev–Trinajstić information content (AvgIpc) is 2.26. The lowest BCUT2D eigenvalue weighted by Gasteiger charge is -2.31. The fraction of sp³-hybridized carbons (Fsp3) is 0.750. The van der Waals surface area contributed by atoms with Gasteiger partial charge in [0.15, 0.2) is 0 Å². The molecule has 1 saturated carbocycles. The molecule has 86 valence electrons. The maximum absolute atomic E-state index is 10.9. The third-order valence-corrected chi connectivity index (χ3v) is 2.99. The first kappa shape index (κ1) is 12.2. The molecule has 15 heavy (non-hydrogen) atoms. The van der Waals surface area contributed by atoms with Gasteiger partial charge < -0.3 is 9.84 Å². The standard InChI is InChI=1S/C12H20O3/c1-3-11(14)12(15-9(2)13)10-7-5-4-6-8-10/h3,10-12,14H,1,4-8H2,2H3/t11-,12+/m0/s1. The minimum Gasteiger partial charge on any atom is -0.459 e. The molecule has 0 heterocycles. The van der Waals surface area contributed by atoms with Crippen LogP contribution in [-0.2, 0) is 9.53 Å². The fourth-order valence-electron chi connectivity index (χ4n) is 2.23. The Bertz CT molecular complexity index is 219. The highest BCUT2D eigenvalue weighted by molar-refractivity contribution is 5.66. The van der Waals surface area contributed by atoms with E-state index in [1.807, 2.05) is 0 Å². The molecule has 0 aliphatic heterocycles. The first-order valence-electron chi connectivity index (χ1n) is 5.63. The molecule has 0 unspecified atom stereocenters. The molecule has 0 radical (unpaired) electrons. The van der Waals surface area contributed by atoms with Gasteiger partial charge in [0.25, 0.3) is 0 Å². The van der Waals surface area contributed by atoms with E-state index in [9.17, 15) is 9.90 Å². The smallest absolute Gasteiger partial charge is 0.303 e. The summed E-state index contributed by atoms with van der Waals surface area (Å²) in [5.41, 5.74) is 0. The molecular formula is C12H20O3. The summed E-state index contributed by atoms with van der Waals surface area (Å²) in [5, 5.41) is 9.72. The molecule has 1 rings (SSSR count). The predicted molar refractivity (Wildman–Crippen MR) is 58.3 cm³/mol. The van der Waals surface area contributed by atoms with E-state index in [-0.39, 0.29) is 11.9 Å². The molecule has 2 atom stereocenters. The molecule has 0 aromatic heterocycles. The van der Waals surface area contributed by atoms with Crippen LogP contribution in [0.25, 0.3) is 0 Å². The van der Waals surface area contributed by atoms with Crippen molar-refractivity contribution in [2.75, 3.05) is 0 Å². The summed E-state index contributed by atoms with van der Waals surface area (Å²) in [6, 6.07) is 0. The van der Waals surface area contributed by atoms with Gasteiger partial charge in [-0.1, -0.05) is 25.3 Å². The third-order valence-electron chi connectivity index (χ3n) is 2.99. The van der Waals surface area contributed by atoms with Crippen LogP contribution in [0.2, 0.25) is 0 Å². The van der Waals surface area contributed by atoms with E-state index < -0.39 is 12.2 Å². The maximum Gasteiger partial charge on any atom is 0.303 e. The Morgan fingerprint density at radius 2 is 2.07 bits per heavy atom. The zero-order chi connectivity index (χ0) is 11.3. The topological polar surface area (TPSA) is 46.5 Å². The highest BCUT2D eigenvalue weighted by Gasteiger charge is 2.30. The molecule has 3 nitrogen and oxygen atoms in total. The summed E-state index contributed by atoms with van der Waals surface area (Å²) in [7, 11) is 0. The minimum absolute atomic E-state index is 0.288. The van der Waals surface area contributed by atoms with Crippen molar-refractivity contribution in [2.45, 2.75) is 51.2 Å². The van der Waals surface area contributed by atoms with Gasteiger partial charge in [-0.3, -0.25) is 4.79 Å². The van der Waals surface area contributed by atoms with Crippen LogP contribution in [0.1, 0.15) is 39.0 Å².